The molecule has 0 aromatic rings. The van der Waals surface area contributed by atoms with Gasteiger partial charge < -0.3 is 4.74 Å². The van der Waals surface area contributed by atoms with Crippen molar-refractivity contribution in [3.63, 3.8) is 0 Å². The summed E-state index contributed by atoms with van der Waals surface area (Å²) in [4.78, 5) is 38.0. The lowest BCUT2D eigenvalue weighted by atomic mass is 9.47. The molecule has 0 N–H and O–H groups in total. The maximum absolute atomic E-state index is 13.0. The molecule has 162 valence electrons. The summed E-state index contributed by atoms with van der Waals surface area (Å²) in [5.41, 5.74) is -0.0855. The van der Waals surface area contributed by atoms with Gasteiger partial charge in [0.15, 0.2) is 17.2 Å². The van der Waals surface area contributed by atoms with Crippen LogP contribution in [0.15, 0.2) is 23.8 Å². The van der Waals surface area contributed by atoms with Crippen molar-refractivity contribution in [3.05, 3.63) is 23.8 Å². The van der Waals surface area contributed by atoms with E-state index >= 15 is 0 Å². The summed E-state index contributed by atoms with van der Waals surface area (Å²) in [5, 5.41) is 0. The van der Waals surface area contributed by atoms with Gasteiger partial charge in [-0.3, -0.25) is 14.4 Å². The number of ketones is 2. The Bertz CT molecular complexity index is 879. The molecule has 0 aromatic carbocycles. The van der Waals surface area contributed by atoms with Gasteiger partial charge in [0.1, 0.15) is 0 Å². The second-order valence-corrected chi connectivity index (χ2v) is 11.2. The molecule has 5 rings (SSSR count). The molecule has 5 aliphatic rings. The summed E-state index contributed by atoms with van der Waals surface area (Å²) in [6, 6.07) is 0. The van der Waals surface area contributed by atoms with Gasteiger partial charge in [-0.05, 0) is 86.7 Å². The quantitative estimate of drug-likeness (QED) is 0.626. The van der Waals surface area contributed by atoms with E-state index in [-0.39, 0.29) is 40.2 Å². The lowest BCUT2D eigenvalue weighted by Gasteiger charge is -2.57. The molecule has 0 radical (unpaired) electrons. The number of hydrogen-bond acceptors (Lipinski definition) is 4. The third-order valence-electron chi connectivity index (χ3n) is 9.70. The number of ether oxygens (including phenoxy) is 1. The predicted molar refractivity (Wildman–Crippen MR) is 113 cm³/mol. The average molecular weight is 411 g/mol. The topological polar surface area (TPSA) is 60.4 Å². The number of fused-ring (bicyclic) bond motifs is 5. The SMILES string of the molecule is CC(=O)[C@@]1(OC(=O)C2CC2)CC[C@H]2[C@@H]3C=CC4=CC(=O)C(C)C[C@]4(C)[C@H]3CC[C@@]21C. The molecular formula is C26H34O4. The molecule has 0 spiro atoms. The van der Waals surface area contributed by atoms with Crippen molar-refractivity contribution in [2.45, 2.75) is 78.2 Å². The van der Waals surface area contributed by atoms with E-state index < -0.39 is 5.60 Å². The van der Waals surface area contributed by atoms with E-state index in [9.17, 15) is 14.4 Å². The maximum atomic E-state index is 13.0. The normalized spacial score (nSPS) is 47.1. The molecule has 0 heterocycles. The number of hydrogen-bond donors (Lipinski definition) is 0. The number of carbonyl (C=O) groups is 3. The molecule has 0 aromatic heterocycles. The van der Waals surface area contributed by atoms with Gasteiger partial charge in [-0.25, -0.2) is 0 Å². The molecule has 30 heavy (non-hydrogen) atoms. The highest BCUT2D eigenvalue weighted by molar-refractivity contribution is 5.94. The van der Waals surface area contributed by atoms with E-state index in [2.05, 4.69) is 32.9 Å². The molecular weight excluding hydrogens is 376 g/mol. The Morgan fingerprint density at radius 1 is 1.07 bits per heavy atom. The summed E-state index contributed by atoms with van der Waals surface area (Å²) in [5.74, 6) is 1.34. The van der Waals surface area contributed by atoms with Crippen molar-refractivity contribution in [3.8, 4) is 0 Å². The Morgan fingerprint density at radius 2 is 1.77 bits per heavy atom. The van der Waals surface area contributed by atoms with E-state index in [1.54, 1.807) is 6.92 Å². The van der Waals surface area contributed by atoms with Gasteiger partial charge in [0, 0.05) is 11.3 Å². The molecule has 7 atom stereocenters. The van der Waals surface area contributed by atoms with Crippen molar-refractivity contribution >= 4 is 17.5 Å². The predicted octanol–water partition coefficient (Wildman–Crippen LogP) is 4.82. The zero-order valence-corrected chi connectivity index (χ0v) is 18.7. The lowest BCUT2D eigenvalue weighted by Crippen LogP contribution is -2.58. The zero-order chi connectivity index (χ0) is 21.5. The second kappa shape index (κ2) is 6.40. The minimum atomic E-state index is -0.969. The van der Waals surface area contributed by atoms with E-state index in [1.807, 2.05) is 6.08 Å². The van der Waals surface area contributed by atoms with Gasteiger partial charge in [-0.1, -0.05) is 32.9 Å². The van der Waals surface area contributed by atoms with Crippen molar-refractivity contribution in [1.29, 1.82) is 0 Å². The van der Waals surface area contributed by atoms with Crippen molar-refractivity contribution in [2.75, 3.05) is 0 Å². The Morgan fingerprint density at radius 3 is 2.43 bits per heavy atom. The number of allylic oxidation sites excluding steroid dienone is 4. The van der Waals surface area contributed by atoms with E-state index in [1.165, 1.54) is 5.57 Å². The molecule has 4 nitrogen and oxygen atoms in total. The van der Waals surface area contributed by atoms with Crippen LogP contribution in [0.1, 0.15) is 72.6 Å². The minimum absolute atomic E-state index is 0.00246. The molecule has 5 aliphatic carbocycles. The van der Waals surface area contributed by atoms with Gasteiger partial charge in [0.05, 0.1) is 5.92 Å². The summed E-state index contributed by atoms with van der Waals surface area (Å²) < 4.78 is 6.13. The third kappa shape index (κ3) is 2.54. The summed E-state index contributed by atoms with van der Waals surface area (Å²) in [6.07, 6.45) is 12.5. The third-order valence-corrected chi connectivity index (χ3v) is 9.70. The molecule has 3 saturated carbocycles. The first-order valence-electron chi connectivity index (χ1n) is 11.8. The van der Waals surface area contributed by atoms with Crippen LogP contribution >= 0.6 is 0 Å². The van der Waals surface area contributed by atoms with Crippen LogP contribution in [-0.4, -0.2) is 23.1 Å². The second-order valence-electron chi connectivity index (χ2n) is 11.2. The fraction of sp³-hybridized carbons (Fsp3) is 0.731. The molecule has 0 saturated heterocycles. The van der Waals surface area contributed by atoms with Crippen LogP contribution in [0.3, 0.4) is 0 Å². The van der Waals surface area contributed by atoms with Gasteiger partial charge >= 0.3 is 5.97 Å². The highest BCUT2D eigenvalue weighted by Gasteiger charge is 2.67. The van der Waals surface area contributed by atoms with Crippen LogP contribution in [0.25, 0.3) is 0 Å². The molecule has 3 fully saturated rings. The summed E-state index contributed by atoms with van der Waals surface area (Å²) >= 11 is 0. The molecule has 4 heteroatoms. The Hall–Kier alpha value is -1.71. The van der Waals surface area contributed by atoms with E-state index in [0.717, 1.165) is 38.5 Å². The molecule has 0 aliphatic heterocycles. The van der Waals surface area contributed by atoms with Crippen LogP contribution in [0.4, 0.5) is 0 Å². The minimum Gasteiger partial charge on any atom is -0.450 e. The van der Waals surface area contributed by atoms with Crippen LogP contribution in [0, 0.1) is 40.4 Å². The summed E-state index contributed by atoms with van der Waals surface area (Å²) in [6.45, 7) is 8.21. The Balaban J connectivity index is 1.51. The zero-order valence-electron chi connectivity index (χ0n) is 18.7. The number of Topliss-reactive ketones (excluding diaryl/α,β-unsaturated/α-hetero) is 1. The highest BCUT2D eigenvalue weighted by Crippen LogP contribution is 2.67. The van der Waals surface area contributed by atoms with Gasteiger partial charge in [-0.15, -0.1) is 0 Å². The maximum Gasteiger partial charge on any atom is 0.309 e. The fourth-order valence-electron chi connectivity index (χ4n) is 7.73. The average Bonchev–Trinajstić information content (AvgIpc) is 3.48. The van der Waals surface area contributed by atoms with E-state index in [0.29, 0.717) is 24.2 Å². The van der Waals surface area contributed by atoms with E-state index in [4.69, 9.17) is 4.74 Å². The first-order chi connectivity index (χ1) is 14.1. The fourth-order valence-corrected chi connectivity index (χ4v) is 7.73. The number of carbonyl (C=O) groups excluding carboxylic acids is 3. The van der Waals surface area contributed by atoms with Crippen LogP contribution in [-0.2, 0) is 19.1 Å². The molecule has 1 unspecified atom stereocenters. The molecule has 0 amide bonds. The lowest BCUT2D eigenvalue weighted by molar-refractivity contribution is -0.188. The van der Waals surface area contributed by atoms with Gasteiger partial charge in [0.25, 0.3) is 0 Å². The van der Waals surface area contributed by atoms with Crippen molar-refractivity contribution in [2.24, 2.45) is 40.4 Å². The van der Waals surface area contributed by atoms with Crippen LogP contribution in [0.5, 0.6) is 0 Å². The first-order valence-corrected chi connectivity index (χ1v) is 11.8. The van der Waals surface area contributed by atoms with Crippen molar-refractivity contribution < 1.29 is 19.1 Å². The monoisotopic (exact) mass is 410 g/mol. The van der Waals surface area contributed by atoms with Crippen LogP contribution < -0.4 is 0 Å². The first kappa shape index (κ1) is 20.2. The standard InChI is InChI=1S/C26H34O4/c1-15-14-24(3)18(13-22(15)28)7-8-19-20(24)9-11-25(4)21(19)10-12-26(25,16(2)27)30-23(29)17-5-6-17/h7-8,13,15,17,19-21H,5-6,9-12,14H2,1-4H3/t15?,19-,20+,21+,24+,25+,26+/m1/s1. The largest absolute Gasteiger partial charge is 0.450 e. The van der Waals surface area contributed by atoms with Crippen molar-refractivity contribution in [1.82, 2.24) is 0 Å². The van der Waals surface area contributed by atoms with Gasteiger partial charge in [-0.2, -0.15) is 0 Å². The molecule has 0 bridgehead atoms. The highest BCUT2D eigenvalue weighted by atomic mass is 16.6. The summed E-state index contributed by atoms with van der Waals surface area (Å²) in [7, 11) is 0. The Kier molecular flexibility index (Phi) is 4.31. The smallest absolute Gasteiger partial charge is 0.309 e. The van der Waals surface area contributed by atoms with Crippen LogP contribution in [0.2, 0.25) is 0 Å². The number of esters is 1. The van der Waals surface area contributed by atoms with Gasteiger partial charge in [0.2, 0.25) is 0 Å². The Labute approximate surface area is 179 Å². The number of rotatable bonds is 3.